The molecule has 0 amide bonds. The molecule has 2 heteroatoms. The van der Waals surface area contributed by atoms with Crippen molar-refractivity contribution in [3.8, 4) is 6.07 Å². The van der Waals surface area contributed by atoms with Crippen molar-refractivity contribution in [2.45, 2.75) is 0 Å². The second kappa shape index (κ2) is 2.87. The summed E-state index contributed by atoms with van der Waals surface area (Å²) in [4.78, 5) is 4.22. The Kier molecular flexibility index (Phi) is 1.71. The summed E-state index contributed by atoms with van der Waals surface area (Å²) >= 11 is 0. The van der Waals surface area contributed by atoms with Crippen LogP contribution in [0.5, 0.6) is 0 Å². The van der Waals surface area contributed by atoms with Crippen LogP contribution >= 0.6 is 0 Å². The number of nitriles is 1. The number of hydrogen-bond donors (Lipinski definition) is 0. The molecule has 1 aromatic heterocycles. The van der Waals surface area contributed by atoms with E-state index in [1.54, 1.807) is 6.07 Å². The van der Waals surface area contributed by atoms with E-state index in [1.807, 2.05) is 24.3 Å². The molecule has 2 rings (SSSR count). The lowest BCUT2D eigenvalue weighted by Gasteiger charge is -1.99. The van der Waals surface area contributed by atoms with Gasteiger partial charge in [0, 0.05) is 11.1 Å². The zero-order valence-electron chi connectivity index (χ0n) is 6.99. The van der Waals surface area contributed by atoms with E-state index >= 15 is 0 Å². The largest absolute Gasteiger partial charge is 0.253 e. The van der Waals surface area contributed by atoms with Crippen LogP contribution in [0.2, 0.25) is 0 Å². The van der Waals surface area contributed by atoms with E-state index in [0.29, 0.717) is 5.56 Å². The van der Waals surface area contributed by atoms with E-state index in [0.717, 1.165) is 16.6 Å². The predicted molar refractivity (Wildman–Crippen MR) is 50.9 cm³/mol. The van der Waals surface area contributed by atoms with E-state index in [2.05, 4.69) is 18.0 Å². The first-order valence-corrected chi connectivity index (χ1v) is 3.93. The lowest BCUT2D eigenvalue weighted by atomic mass is 10.1. The monoisotopic (exact) mass is 167 g/mol. The topological polar surface area (TPSA) is 36.7 Å². The second-order valence-electron chi connectivity index (χ2n) is 2.79. The minimum atomic E-state index is 0.657. The van der Waals surface area contributed by atoms with Crippen LogP contribution in [0.3, 0.4) is 0 Å². The number of rotatable bonds is 0. The van der Waals surface area contributed by atoms with Crippen molar-refractivity contribution < 1.29 is 0 Å². The Morgan fingerprint density at radius 3 is 2.85 bits per heavy atom. The number of hydrogen-bond acceptors (Lipinski definition) is 2. The third-order valence-electron chi connectivity index (χ3n) is 1.91. The first-order valence-electron chi connectivity index (χ1n) is 3.93. The van der Waals surface area contributed by atoms with Crippen molar-refractivity contribution >= 4 is 10.9 Å². The molecule has 2 aromatic rings. The number of nitrogens with zero attached hydrogens (tertiary/aromatic N) is 2. The average molecular weight is 167 g/mol. The van der Waals surface area contributed by atoms with Gasteiger partial charge in [-0.2, -0.15) is 5.26 Å². The van der Waals surface area contributed by atoms with Crippen LogP contribution in [0.1, 0.15) is 11.3 Å². The zero-order chi connectivity index (χ0) is 9.26. The molecule has 13 heavy (non-hydrogen) atoms. The molecule has 0 saturated carbocycles. The quantitative estimate of drug-likeness (QED) is 0.603. The van der Waals surface area contributed by atoms with Gasteiger partial charge in [-0.1, -0.05) is 6.07 Å². The molecule has 1 aromatic carbocycles. The Balaban J connectivity index is 2.87. The van der Waals surface area contributed by atoms with Gasteiger partial charge in [0.05, 0.1) is 17.1 Å². The molecular formula is C11H7N2. The average Bonchev–Trinajstić information content (AvgIpc) is 2.16. The molecule has 1 radical (unpaired) electrons. The Morgan fingerprint density at radius 1 is 1.23 bits per heavy atom. The highest BCUT2D eigenvalue weighted by Crippen LogP contribution is 2.16. The van der Waals surface area contributed by atoms with Crippen LogP contribution in [0.25, 0.3) is 10.9 Å². The van der Waals surface area contributed by atoms with Crippen LogP contribution < -0.4 is 0 Å². The summed E-state index contributed by atoms with van der Waals surface area (Å²) in [5, 5.41) is 9.70. The summed E-state index contributed by atoms with van der Waals surface area (Å²) in [7, 11) is 0. The smallest absolute Gasteiger partial charge is 0.0998 e. The molecule has 61 valence electrons. The predicted octanol–water partition coefficient (Wildman–Crippen LogP) is 2.29. The van der Waals surface area contributed by atoms with Gasteiger partial charge >= 0.3 is 0 Å². The molecule has 0 aliphatic carbocycles. The first-order chi connectivity index (χ1) is 6.31. The van der Waals surface area contributed by atoms with E-state index in [4.69, 9.17) is 5.26 Å². The van der Waals surface area contributed by atoms with Crippen LogP contribution in [0.4, 0.5) is 0 Å². The van der Waals surface area contributed by atoms with E-state index in [-0.39, 0.29) is 0 Å². The highest BCUT2D eigenvalue weighted by atomic mass is 14.7. The molecule has 1 heterocycles. The molecule has 0 saturated heterocycles. The number of aromatic nitrogens is 1. The van der Waals surface area contributed by atoms with Gasteiger partial charge in [0.25, 0.3) is 0 Å². The maximum atomic E-state index is 8.81. The fourth-order valence-corrected chi connectivity index (χ4v) is 1.29. The van der Waals surface area contributed by atoms with Crippen molar-refractivity contribution in [3.05, 3.63) is 48.5 Å². The minimum absolute atomic E-state index is 0.657. The van der Waals surface area contributed by atoms with E-state index in [9.17, 15) is 0 Å². The molecule has 2 nitrogen and oxygen atoms in total. The van der Waals surface area contributed by atoms with E-state index < -0.39 is 0 Å². The molecule has 0 spiro atoms. The second-order valence-corrected chi connectivity index (χ2v) is 2.79. The molecule has 0 atom stereocenters. The Labute approximate surface area is 76.5 Å². The fourth-order valence-electron chi connectivity index (χ4n) is 1.29. The lowest BCUT2D eigenvalue weighted by molar-refractivity contribution is 1.33. The minimum Gasteiger partial charge on any atom is -0.253 e. The van der Waals surface area contributed by atoms with Crippen molar-refractivity contribution in [2.24, 2.45) is 0 Å². The van der Waals surface area contributed by atoms with Gasteiger partial charge in [0.1, 0.15) is 0 Å². The third-order valence-corrected chi connectivity index (χ3v) is 1.91. The Bertz CT molecular complexity index is 495. The van der Waals surface area contributed by atoms with Gasteiger partial charge in [0.2, 0.25) is 0 Å². The Hall–Kier alpha value is -1.88. The van der Waals surface area contributed by atoms with Gasteiger partial charge < -0.3 is 0 Å². The van der Waals surface area contributed by atoms with Gasteiger partial charge in [-0.05, 0) is 31.2 Å². The van der Waals surface area contributed by atoms with Crippen molar-refractivity contribution in [2.75, 3.05) is 0 Å². The maximum Gasteiger partial charge on any atom is 0.0998 e. The molecule has 0 aliphatic rings. The maximum absolute atomic E-state index is 8.81. The van der Waals surface area contributed by atoms with Gasteiger partial charge in [0.15, 0.2) is 0 Å². The summed E-state index contributed by atoms with van der Waals surface area (Å²) in [6, 6.07) is 11.3. The molecule has 0 bridgehead atoms. The van der Waals surface area contributed by atoms with Gasteiger partial charge in [-0.3, -0.25) is 4.98 Å². The summed E-state index contributed by atoms with van der Waals surface area (Å²) in [5.41, 5.74) is 2.21. The van der Waals surface area contributed by atoms with Crippen molar-refractivity contribution in [1.82, 2.24) is 4.98 Å². The SMILES string of the molecule is [CH2]c1ccc2c(C#N)cccc2n1. The number of pyridine rings is 1. The first kappa shape index (κ1) is 7.75. The third kappa shape index (κ3) is 1.25. The molecule has 0 fully saturated rings. The highest BCUT2D eigenvalue weighted by molar-refractivity contribution is 5.84. The van der Waals surface area contributed by atoms with E-state index in [1.165, 1.54) is 0 Å². The highest BCUT2D eigenvalue weighted by Gasteiger charge is 1.99. The van der Waals surface area contributed by atoms with Crippen molar-refractivity contribution in [3.63, 3.8) is 0 Å². The lowest BCUT2D eigenvalue weighted by Crippen LogP contribution is -1.85. The summed E-state index contributed by atoms with van der Waals surface area (Å²) < 4.78 is 0. The van der Waals surface area contributed by atoms with Crippen molar-refractivity contribution in [1.29, 1.82) is 5.26 Å². The van der Waals surface area contributed by atoms with Crippen LogP contribution in [-0.2, 0) is 0 Å². The van der Waals surface area contributed by atoms with Crippen LogP contribution in [0.15, 0.2) is 30.3 Å². The Morgan fingerprint density at radius 2 is 2.08 bits per heavy atom. The van der Waals surface area contributed by atoms with Gasteiger partial charge in [-0.15, -0.1) is 0 Å². The van der Waals surface area contributed by atoms with Crippen LogP contribution in [0, 0.1) is 18.3 Å². The molecule has 0 N–H and O–H groups in total. The normalized spacial score (nSPS) is 9.85. The molecule has 0 unspecified atom stereocenters. The molecular weight excluding hydrogens is 160 g/mol. The van der Waals surface area contributed by atoms with Crippen LogP contribution in [-0.4, -0.2) is 4.98 Å². The zero-order valence-corrected chi connectivity index (χ0v) is 6.99. The standard InChI is InChI=1S/C11H7N2/c1-8-5-6-10-9(7-12)3-2-4-11(10)13-8/h2-6H,1H2. The molecule has 0 aliphatic heterocycles. The van der Waals surface area contributed by atoms with Gasteiger partial charge in [-0.25, -0.2) is 0 Å². The number of benzene rings is 1. The summed E-state index contributed by atoms with van der Waals surface area (Å²) in [6.07, 6.45) is 0. The summed E-state index contributed by atoms with van der Waals surface area (Å²) in [6.45, 7) is 3.73. The summed E-state index contributed by atoms with van der Waals surface area (Å²) in [5.74, 6) is 0. The fraction of sp³-hybridized carbons (Fsp3) is 0. The number of fused-ring (bicyclic) bond motifs is 1.